The molecule has 4 nitrogen and oxygen atoms in total. The van der Waals surface area contributed by atoms with Crippen LogP contribution in [0.5, 0.6) is 0 Å². The third-order valence-corrected chi connectivity index (χ3v) is 3.66. The van der Waals surface area contributed by atoms with Gasteiger partial charge in [0.2, 0.25) is 5.89 Å². The summed E-state index contributed by atoms with van der Waals surface area (Å²) in [4.78, 5) is 4.39. The molecule has 1 aliphatic rings. The summed E-state index contributed by atoms with van der Waals surface area (Å²) in [5.74, 6) is 4.81. The first-order chi connectivity index (χ1) is 7.25. The Labute approximate surface area is 94.2 Å². The summed E-state index contributed by atoms with van der Waals surface area (Å²) in [7, 11) is 0. The van der Waals surface area contributed by atoms with Crippen molar-refractivity contribution in [2.24, 2.45) is 5.92 Å². The molecule has 0 radical (unpaired) electrons. The summed E-state index contributed by atoms with van der Waals surface area (Å²) in [6, 6.07) is 0. The highest BCUT2D eigenvalue weighted by Gasteiger charge is 2.24. The topological polar surface area (TPSA) is 51.0 Å². The van der Waals surface area contributed by atoms with Crippen molar-refractivity contribution in [3.05, 3.63) is 11.7 Å². The fourth-order valence-corrected chi connectivity index (χ4v) is 2.23. The van der Waals surface area contributed by atoms with Crippen molar-refractivity contribution in [1.29, 1.82) is 0 Å². The molecule has 0 aliphatic carbocycles. The van der Waals surface area contributed by atoms with Gasteiger partial charge in [-0.25, -0.2) is 0 Å². The minimum absolute atomic E-state index is 0.446. The second-order valence-electron chi connectivity index (χ2n) is 4.31. The fraction of sp³-hybridized carbons (Fsp3) is 0.800. The fourth-order valence-electron chi connectivity index (χ4n) is 1.34. The van der Waals surface area contributed by atoms with E-state index in [1.54, 1.807) is 0 Å². The second kappa shape index (κ2) is 4.99. The van der Waals surface area contributed by atoms with Crippen LogP contribution in [0.15, 0.2) is 4.52 Å². The summed E-state index contributed by atoms with van der Waals surface area (Å²) in [6.45, 7) is 6.38. The molecule has 84 valence electrons. The number of nitrogens with one attached hydrogen (secondary N) is 1. The Morgan fingerprint density at radius 1 is 1.53 bits per heavy atom. The van der Waals surface area contributed by atoms with E-state index in [-0.39, 0.29) is 0 Å². The van der Waals surface area contributed by atoms with Crippen LogP contribution in [-0.4, -0.2) is 29.0 Å². The van der Waals surface area contributed by atoms with E-state index >= 15 is 0 Å². The van der Waals surface area contributed by atoms with E-state index in [0.717, 1.165) is 42.2 Å². The largest absolute Gasteiger partial charge is 0.339 e. The van der Waals surface area contributed by atoms with E-state index in [4.69, 9.17) is 4.52 Å². The predicted molar refractivity (Wildman–Crippen MR) is 60.9 cm³/mol. The zero-order chi connectivity index (χ0) is 10.7. The first kappa shape index (κ1) is 11.0. The molecule has 2 heterocycles. The lowest BCUT2D eigenvalue weighted by Gasteiger charge is -2.22. The molecule has 1 N–H and O–H groups in total. The molecule has 0 saturated carbocycles. The summed E-state index contributed by atoms with van der Waals surface area (Å²) in [6.07, 6.45) is 0. The summed E-state index contributed by atoms with van der Waals surface area (Å²) in [5.41, 5.74) is 0. The lowest BCUT2D eigenvalue weighted by molar-refractivity contribution is 0.306. The van der Waals surface area contributed by atoms with Crippen LogP contribution in [0.25, 0.3) is 0 Å². The maximum atomic E-state index is 5.21. The van der Waals surface area contributed by atoms with E-state index in [2.05, 4.69) is 29.3 Å². The lowest BCUT2D eigenvalue weighted by Crippen LogP contribution is -2.40. The number of hydrogen-bond acceptors (Lipinski definition) is 5. The highest BCUT2D eigenvalue weighted by atomic mass is 32.2. The lowest BCUT2D eigenvalue weighted by atomic mass is 10.0. The van der Waals surface area contributed by atoms with E-state index in [1.807, 2.05) is 11.8 Å². The smallest absolute Gasteiger partial charge is 0.232 e. The van der Waals surface area contributed by atoms with Crippen molar-refractivity contribution in [1.82, 2.24) is 15.5 Å². The van der Waals surface area contributed by atoms with Gasteiger partial charge in [0.1, 0.15) is 0 Å². The van der Waals surface area contributed by atoms with Gasteiger partial charge in [0.15, 0.2) is 5.82 Å². The molecule has 15 heavy (non-hydrogen) atoms. The van der Waals surface area contributed by atoms with Crippen LogP contribution in [0.3, 0.4) is 0 Å². The highest BCUT2D eigenvalue weighted by molar-refractivity contribution is 7.98. The van der Waals surface area contributed by atoms with Gasteiger partial charge in [-0.2, -0.15) is 16.7 Å². The zero-order valence-electron chi connectivity index (χ0n) is 9.19. The van der Waals surface area contributed by atoms with Crippen molar-refractivity contribution < 1.29 is 4.52 Å². The molecule has 0 amide bonds. The van der Waals surface area contributed by atoms with Crippen molar-refractivity contribution in [2.75, 3.05) is 18.8 Å². The Balaban J connectivity index is 1.79. The number of nitrogens with zero attached hydrogens (tertiary/aromatic N) is 2. The third kappa shape index (κ3) is 2.95. The van der Waals surface area contributed by atoms with E-state index in [9.17, 15) is 0 Å². The van der Waals surface area contributed by atoms with Crippen molar-refractivity contribution in [3.8, 4) is 0 Å². The summed E-state index contributed by atoms with van der Waals surface area (Å²) >= 11 is 1.86. The van der Waals surface area contributed by atoms with Gasteiger partial charge >= 0.3 is 0 Å². The van der Waals surface area contributed by atoms with Crippen LogP contribution in [0, 0.1) is 5.92 Å². The van der Waals surface area contributed by atoms with E-state index in [1.165, 1.54) is 0 Å². The number of thioether (sulfide) groups is 1. The van der Waals surface area contributed by atoms with Gasteiger partial charge in [-0.15, -0.1) is 0 Å². The zero-order valence-corrected chi connectivity index (χ0v) is 10.0. The van der Waals surface area contributed by atoms with Gasteiger partial charge in [0, 0.05) is 13.1 Å². The SMILES string of the molecule is CC(C)CSCc1noc(C2CNC2)n1. The van der Waals surface area contributed by atoms with Crippen molar-refractivity contribution in [3.63, 3.8) is 0 Å². The molecular formula is C10H17N3OS. The first-order valence-corrected chi connectivity index (χ1v) is 6.52. The van der Waals surface area contributed by atoms with Gasteiger partial charge in [0.25, 0.3) is 0 Å². The van der Waals surface area contributed by atoms with E-state index in [0.29, 0.717) is 5.92 Å². The Bertz CT molecular complexity index is 309. The molecule has 1 aliphatic heterocycles. The molecule has 2 rings (SSSR count). The van der Waals surface area contributed by atoms with Crippen LogP contribution in [0.2, 0.25) is 0 Å². The third-order valence-electron chi connectivity index (χ3n) is 2.30. The summed E-state index contributed by atoms with van der Waals surface area (Å²) < 4.78 is 5.21. The molecule has 0 atom stereocenters. The summed E-state index contributed by atoms with van der Waals surface area (Å²) in [5, 5.41) is 7.18. The Morgan fingerprint density at radius 3 is 2.93 bits per heavy atom. The quantitative estimate of drug-likeness (QED) is 0.829. The monoisotopic (exact) mass is 227 g/mol. The number of rotatable bonds is 5. The highest BCUT2D eigenvalue weighted by Crippen LogP contribution is 2.19. The van der Waals surface area contributed by atoms with Crippen LogP contribution in [0.1, 0.15) is 31.5 Å². The normalized spacial score (nSPS) is 17.0. The molecule has 0 aromatic carbocycles. The Morgan fingerprint density at radius 2 is 2.33 bits per heavy atom. The maximum absolute atomic E-state index is 5.21. The standard InChI is InChI=1S/C10H17N3OS/c1-7(2)5-15-6-9-12-10(14-13-9)8-3-11-4-8/h7-8,11H,3-6H2,1-2H3. The van der Waals surface area contributed by atoms with Gasteiger partial charge in [-0.3, -0.25) is 0 Å². The number of hydrogen-bond donors (Lipinski definition) is 1. The van der Waals surface area contributed by atoms with Crippen LogP contribution >= 0.6 is 11.8 Å². The second-order valence-corrected chi connectivity index (χ2v) is 5.34. The first-order valence-electron chi connectivity index (χ1n) is 5.36. The van der Waals surface area contributed by atoms with Crippen LogP contribution < -0.4 is 5.32 Å². The van der Waals surface area contributed by atoms with Crippen LogP contribution in [-0.2, 0) is 5.75 Å². The molecule has 0 bridgehead atoms. The van der Waals surface area contributed by atoms with Crippen molar-refractivity contribution >= 4 is 11.8 Å². The van der Waals surface area contributed by atoms with Gasteiger partial charge < -0.3 is 9.84 Å². The average Bonchev–Trinajstić information content (AvgIpc) is 2.49. The van der Waals surface area contributed by atoms with Crippen molar-refractivity contribution in [2.45, 2.75) is 25.5 Å². The molecule has 5 heteroatoms. The molecule has 1 fully saturated rings. The Hall–Kier alpha value is -0.550. The van der Waals surface area contributed by atoms with Gasteiger partial charge in [-0.05, 0) is 11.7 Å². The van der Waals surface area contributed by atoms with Crippen LogP contribution in [0.4, 0.5) is 0 Å². The molecule has 0 unspecified atom stereocenters. The van der Waals surface area contributed by atoms with Gasteiger partial charge in [-0.1, -0.05) is 19.0 Å². The minimum Gasteiger partial charge on any atom is -0.339 e. The molecule has 1 saturated heterocycles. The van der Waals surface area contributed by atoms with Gasteiger partial charge in [0.05, 0.1) is 11.7 Å². The molecule has 0 spiro atoms. The average molecular weight is 227 g/mol. The maximum Gasteiger partial charge on any atom is 0.232 e. The van der Waals surface area contributed by atoms with E-state index < -0.39 is 0 Å². The molecule has 1 aromatic heterocycles. The predicted octanol–water partition coefficient (Wildman–Crippen LogP) is 1.65. The Kier molecular flexibility index (Phi) is 3.64. The minimum atomic E-state index is 0.446. The number of aromatic nitrogens is 2. The molecule has 1 aromatic rings. The molecular weight excluding hydrogens is 210 g/mol.